The molecule has 0 fully saturated rings. The van der Waals surface area contributed by atoms with Crippen molar-refractivity contribution in [1.29, 1.82) is 0 Å². The summed E-state index contributed by atoms with van der Waals surface area (Å²) < 4.78 is 0. The molecular weight excluding hydrogens is 320 g/mol. The number of guanidine groups is 1. The van der Waals surface area contributed by atoms with E-state index >= 15 is 0 Å². The Labute approximate surface area is 147 Å². The van der Waals surface area contributed by atoms with Gasteiger partial charge in [-0.2, -0.15) is 11.3 Å². The highest BCUT2D eigenvalue weighted by atomic mass is 32.1. The molecule has 2 aromatic rings. The number of nitrogens with zero attached hydrogens (tertiary/aromatic N) is 1. The third-order valence-electron chi connectivity index (χ3n) is 3.47. The molecule has 0 saturated heterocycles. The molecule has 1 aromatic carbocycles. The zero-order valence-electron chi connectivity index (χ0n) is 14.3. The third-order valence-corrected chi connectivity index (χ3v) is 4.20. The van der Waals surface area contributed by atoms with E-state index in [1.165, 1.54) is 5.56 Å². The van der Waals surface area contributed by atoms with Crippen LogP contribution in [-0.2, 0) is 17.9 Å². The summed E-state index contributed by atoms with van der Waals surface area (Å²) in [5.74, 6) is 0.765. The molecule has 0 saturated carbocycles. The maximum absolute atomic E-state index is 11.7. The van der Waals surface area contributed by atoms with E-state index in [0.29, 0.717) is 6.54 Å². The van der Waals surface area contributed by atoms with Gasteiger partial charge >= 0.3 is 0 Å². The number of thiophene rings is 1. The lowest BCUT2D eigenvalue weighted by atomic mass is 10.1. The van der Waals surface area contributed by atoms with E-state index in [0.717, 1.165) is 23.8 Å². The molecule has 0 aliphatic rings. The molecule has 1 heterocycles. The number of nitrogens with one attached hydrogen (secondary N) is 3. The van der Waals surface area contributed by atoms with Gasteiger partial charge in [0.2, 0.25) is 5.91 Å². The van der Waals surface area contributed by atoms with Gasteiger partial charge in [0, 0.05) is 31.7 Å². The molecule has 0 unspecified atom stereocenters. The van der Waals surface area contributed by atoms with Crippen LogP contribution < -0.4 is 16.0 Å². The first-order valence-corrected chi connectivity index (χ1v) is 8.88. The lowest BCUT2D eigenvalue weighted by molar-refractivity contribution is -0.118. The molecule has 5 nitrogen and oxygen atoms in total. The van der Waals surface area contributed by atoms with Crippen molar-refractivity contribution in [3.05, 3.63) is 52.2 Å². The average Bonchev–Trinajstić information content (AvgIpc) is 3.09. The summed E-state index contributed by atoms with van der Waals surface area (Å²) in [5, 5.41) is 13.6. The zero-order chi connectivity index (χ0) is 17.4. The van der Waals surface area contributed by atoms with Gasteiger partial charge in [-0.25, -0.2) is 0 Å². The summed E-state index contributed by atoms with van der Waals surface area (Å²) in [6, 6.07) is 9.91. The van der Waals surface area contributed by atoms with Gasteiger partial charge in [0.1, 0.15) is 0 Å². The average molecular weight is 344 g/mol. The molecule has 2 rings (SSSR count). The van der Waals surface area contributed by atoms with E-state index in [2.05, 4.69) is 37.8 Å². The van der Waals surface area contributed by atoms with Crippen LogP contribution in [0.5, 0.6) is 0 Å². The highest BCUT2D eigenvalue weighted by Gasteiger charge is 2.06. The Hall–Kier alpha value is -2.34. The predicted molar refractivity (Wildman–Crippen MR) is 101 cm³/mol. The summed E-state index contributed by atoms with van der Waals surface area (Å²) in [6.07, 6.45) is 0. The standard InChI is InChI=1S/C18H24N4OS/c1-13(2)17(23)22-16-6-4-14(5-7-16)10-20-18(19-3)21-11-15-8-9-24-12-15/h4-9,12-13H,10-11H2,1-3H3,(H,22,23)(H2,19,20,21). The van der Waals surface area contributed by atoms with E-state index in [1.54, 1.807) is 18.4 Å². The highest BCUT2D eigenvalue weighted by molar-refractivity contribution is 7.07. The second kappa shape index (κ2) is 9.08. The monoisotopic (exact) mass is 344 g/mol. The Kier molecular flexibility index (Phi) is 6.81. The summed E-state index contributed by atoms with van der Waals surface area (Å²) in [5.41, 5.74) is 3.18. The smallest absolute Gasteiger partial charge is 0.226 e. The summed E-state index contributed by atoms with van der Waals surface area (Å²) in [6.45, 7) is 5.18. The SMILES string of the molecule is CN=C(NCc1ccc(NC(=O)C(C)C)cc1)NCc1ccsc1. The zero-order valence-corrected chi connectivity index (χ0v) is 15.1. The molecule has 0 radical (unpaired) electrons. The Morgan fingerprint density at radius 1 is 1.08 bits per heavy atom. The van der Waals surface area contributed by atoms with Crippen LogP contribution in [0.15, 0.2) is 46.1 Å². The molecule has 0 atom stereocenters. The van der Waals surface area contributed by atoms with Gasteiger partial charge in [-0.05, 0) is 40.1 Å². The van der Waals surface area contributed by atoms with Crippen molar-refractivity contribution >= 4 is 28.9 Å². The molecular formula is C18H24N4OS. The van der Waals surface area contributed by atoms with Gasteiger partial charge in [0.15, 0.2) is 5.96 Å². The molecule has 3 N–H and O–H groups in total. The van der Waals surface area contributed by atoms with Gasteiger partial charge in [0.25, 0.3) is 0 Å². The van der Waals surface area contributed by atoms with Crippen LogP contribution in [0.25, 0.3) is 0 Å². The molecule has 0 aliphatic carbocycles. The molecule has 24 heavy (non-hydrogen) atoms. The van der Waals surface area contributed by atoms with Crippen LogP contribution in [0.4, 0.5) is 5.69 Å². The molecule has 6 heteroatoms. The van der Waals surface area contributed by atoms with Crippen molar-refractivity contribution in [2.75, 3.05) is 12.4 Å². The lowest BCUT2D eigenvalue weighted by Gasteiger charge is -2.12. The van der Waals surface area contributed by atoms with Gasteiger partial charge in [-0.3, -0.25) is 9.79 Å². The van der Waals surface area contributed by atoms with Crippen LogP contribution in [0.1, 0.15) is 25.0 Å². The number of hydrogen-bond acceptors (Lipinski definition) is 3. The molecule has 0 bridgehead atoms. The van der Waals surface area contributed by atoms with Crippen molar-refractivity contribution in [2.24, 2.45) is 10.9 Å². The van der Waals surface area contributed by atoms with E-state index in [4.69, 9.17) is 0 Å². The fourth-order valence-electron chi connectivity index (χ4n) is 1.98. The summed E-state index contributed by atoms with van der Waals surface area (Å²) >= 11 is 1.69. The number of aliphatic imine (C=N–C) groups is 1. The van der Waals surface area contributed by atoms with E-state index < -0.39 is 0 Å². The van der Waals surface area contributed by atoms with E-state index in [1.807, 2.05) is 38.1 Å². The normalized spacial score (nSPS) is 11.4. The van der Waals surface area contributed by atoms with Crippen molar-refractivity contribution in [3.8, 4) is 0 Å². The molecule has 0 aliphatic heterocycles. The van der Waals surface area contributed by atoms with Gasteiger partial charge < -0.3 is 16.0 Å². The Morgan fingerprint density at radius 2 is 1.75 bits per heavy atom. The van der Waals surface area contributed by atoms with Gasteiger partial charge in [-0.15, -0.1) is 0 Å². The summed E-state index contributed by atoms with van der Waals surface area (Å²) in [4.78, 5) is 15.9. The van der Waals surface area contributed by atoms with Crippen molar-refractivity contribution < 1.29 is 4.79 Å². The summed E-state index contributed by atoms with van der Waals surface area (Å²) in [7, 11) is 1.76. The lowest BCUT2D eigenvalue weighted by Crippen LogP contribution is -2.36. The topological polar surface area (TPSA) is 65.5 Å². The number of rotatable bonds is 6. The van der Waals surface area contributed by atoms with E-state index in [-0.39, 0.29) is 11.8 Å². The van der Waals surface area contributed by atoms with Crippen LogP contribution in [0.3, 0.4) is 0 Å². The molecule has 1 aromatic heterocycles. The second-order valence-electron chi connectivity index (χ2n) is 5.75. The molecule has 0 spiro atoms. The number of amides is 1. The first-order valence-electron chi connectivity index (χ1n) is 7.94. The van der Waals surface area contributed by atoms with Crippen LogP contribution in [-0.4, -0.2) is 18.9 Å². The fraction of sp³-hybridized carbons (Fsp3) is 0.333. The molecule has 1 amide bonds. The number of carbonyl (C=O) groups excluding carboxylic acids is 1. The first-order chi connectivity index (χ1) is 11.6. The number of anilines is 1. The van der Waals surface area contributed by atoms with Crippen LogP contribution in [0, 0.1) is 5.92 Å². The highest BCUT2D eigenvalue weighted by Crippen LogP contribution is 2.11. The Morgan fingerprint density at radius 3 is 2.29 bits per heavy atom. The maximum atomic E-state index is 11.7. The van der Waals surface area contributed by atoms with Crippen LogP contribution in [0.2, 0.25) is 0 Å². The van der Waals surface area contributed by atoms with Crippen molar-refractivity contribution in [2.45, 2.75) is 26.9 Å². The number of benzene rings is 1. The predicted octanol–water partition coefficient (Wildman–Crippen LogP) is 3.21. The largest absolute Gasteiger partial charge is 0.352 e. The number of hydrogen-bond donors (Lipinski definition) is 3. The third kappa shape index (κ3) is 5.70. The van der Waals surface area contributed by atoms with Crippen molar-refractivity contribution in [1.82, 2.24) is 10.6 Å². The quantitative estimate of drug-likeness (QED) is 0.557. The number of carbonyl (C=O) groups is 1. The van der Waals surface area contributed by atoms with E-state index in [9.17, 15) is 4.79 Å². The maximum Gasteiger partial charge on any atom is 0.226 e. The minimum absolute atomic E-state index is 0.0241. The van der Waals surface area contributed by atoms with Gasteiger partial charge in [0.05, 0.1) is 0 Å². The Balaban J connectivity index is 1.81. The van der Waals surface area contributed by atoms with Crippen LogP contribution >= 0.6 is 11.3 Å². The first kappa shape index (κ1) is 18.0. The second-order valence-corrected chi connectivity index (χ2v) is 6.53. The fourth-order valence-corrected chi connectivity index (χ4v) is 2.65. The van der Waals surface area contributed by atoms with Gasteiger partial charge in [-0.1, -0.05) is 26.0 Å². The Bertz CT molecular complexity index is 663. The minimum atomic E-state index is -0.0241. The van der Waals surface area contributed by atoms with Crippen molar-refractivity contribution in [3.63, 3.8) is 0 Å². The minimum Gasteiger partial charge on any atom is -0.352 e. The molecule has 128 valence electrons.